The van der Waals surface area contributed by atoms with Gasteiger partial charge in [0.1, 0.15) is 0 Å². The highest BCUT2D eigenvalue weighted by atomic mass is 32.2. The Morgan fingerprint density at radius 1 is 0.596 bits per heavy atom. The van der Waals surface area contributed by atoms with Crippen molar-refractivity contribution in [2.45, 2.75) is 56.3 Å². The maximum atomic E-state index is 14.1. The Hall–Kier alpha value is -4.23. The van der Waals surface area contributed by atoms with Gasteiger partial charge in [-0.1, -0.05) is 60.7 Å². The SMILES string of the molecule is O=C(O)C(Cc1cccc(CCN(CCSc2cccc(CC(C(=O)O)C3CCNC3)c2)C(=O)Cc2cccc(CC(C(=O)O)C3CCNC3)c2)c1)C1CCNC1. The number of amides is 1. The van der Waals surface area contributed by atoms with E-state index in [4.69, 9.17) is 0 Å². The first-order valence-corrected chi connectivity index (χ1v) is 21.6. The summed E-state index contributed by atoms with van der Waals surface area (Å²) in [7, 11) is 0. The van der Waals surface area contributed by atoms with E-state index in [1.54, 1.807) is 11.8 Å². The highest BCUT2D eigenvalue weighted by Crippen LogP contribution is 2.28. The van der Waals surface area contributed by atoms with Gasteiger partial charge >= 0.3 is 17.9 Å². The van der Waals surface area contributed by atoms with Crippen molar-refractivity contribution >= 4 is 35.6 Å². The molecular weight excluding hydrogens is 741 g/mol. The van der Waals surface area contributed by atoms with Crippen LogP contribution < -0.4 is 16.0 Å². The number of carbonyl (C=O) groups excluding carboxylic acids is 1. The monoisotopic (exact) mass is 798 g/mol. The molecule has 57 heavy (non-hydrogen) atoms. The summed E-state index contributed by atoms with van der Waals surface area (Å²) in [6.45, 7) is 5.67. The zero-order valence-corrected chi connectivity index (χ0v) is 33.6. The lowest BCUT2D eigenvalue weighted by molar-refractivity contribution is -0.144. The van der Waals surface area contributed by atoms with Crippen LogP contribution in [0.1, 0.15) is 47.1 Å². The molecule has 0 bridgehead atoms. The van der Waals surface area contributed by atoms with Crippen LogP contribution in [0.4, 0.5) is 0 Å². The maximum Gasteiger partial charge on any atom is 0.307 e. The summed E-state index contributed by atoms with van der Waals surface area (Å²) in [6.07, 6.45) is 4.75. The van der Waals surface area contributed by atoms with Crippen LogP contribution >= 0.6 is 11.8 Å². The Balaban J connectivity index is 1.13. The molecule has 6 atom stereocenters. The number of rotatable bonds is 21. The van der Waals surface area contributed by atoms with Gasteiger partial charge in [-0.05, 0) is 142 Å². The third-order valence-corrected chi connectivity index (χ3v) is 13.2. The molecule has 0 aliphatic carbocycles. The Morgan fingerprint density at radius 3 is 1.51 bits per heavy atom. The van der Waals surface area contributed by atoms with E-state index in [1.165, 1.54) is 0 Å². The first-order valence-electron chi connectivity index (χ1n) is 20.6. The van der Waals surface area contributed by atoms with Crippen LogP contribution in [0, 0.1) is 35.5 Å². The van der Waals surface area contributed by atoms with Crippen molar-refractivity contribution in [2.75, 3.05) is 58.1 Å². The molecule has 0 radical (unpaired) electrons. The lowest BCUT2D eigenvalue weighted by Gasteiger charge is -2.24. The molecule has 6 unspecified atom stereocenters. The third-order valence-electron chi connectivity index (χ3n) is 12.2. The summed E-state index contributed by atoms with van der Waals surface area (Å²) in [4.78, 5) is 53.6. The van der Waals surface area contributed by atoms with E-state index in [0.717, 1.165) is 84.7 Å². The van der Waals surface area contributed by atoms with E-state index in [0.29, 0.717) is 51.1 Å². The Bertz CT molecular complexity index is 1820. The molecule has 3 aromatic carbocycles. The molecule has 0 saturated carbocycles. The van der Waals surface area contributed by atoms with E-state index < -0.39 is 35.7 Å². The van der Waals surface area contributed by atoms with E-state index in [-0.39, 0.29) is 30.1 Å². The molecule has 0 spiro atoms. The van der Waals surface area contributed by atoms with Crippen LogP contribution in [0.5, 0.6) is 0 Å². The average Bonchev–Trinajstić information content (AvgIpc) is 4.02. The van der Waals surface area contributed by atoms with Gasteiger partial charge < -0.3 is 36.2 Å². The van der Waals surface area contributed by atoms with Gasteiger partial charge in [0.15, 0.2) is 0 Å². The van der Waals surface area contributed by atoms with Gasteiger partial charge in [-0.25, -0.2) is 0 Å². The Kier molecular flexibility index (Phi) is 15.6. The molecule has 6 rings (SSSR count). The van der Waals surface area contributed by atoms with Crippen LogP contribution in [-0.2, 0) is 51.3 Å². The number of carboxylic acid groups (broad SMARTS) is 3. The molecule has 306 valence electrons. The van der Waals surface area contributed by atoms with Gasteiger partial charge in [-0.2, -0.15) is 0 Å². The van der Waals surface area contributed by atoms with Crippen LogP contribution in [0.3, 0.4) is 0 Å². The predicted molar refractivity (Wildman–Crippen MR) is 221 cm³/mol. The minimum Gasteiger partial charge on any atom is -0.481 e. The average molecular weight is 799 g/mol. The Morgan fingerprint density at radius 2 is 1.04 bits per heavy atom. The second-order valence-electron chi connectivity index (χ2n) is 16.1. The molecule has 11 nitrogen and oxygen atoms in total. The molecule has 6 N–H and O–H groups in total. The number of hydrogen-bond donors (Lipinski definition) is 6. The highest BCUT2D eigenvalue weighted by Gasteiger charge is 2.33. The Labute approximate surface area is 340 Å². The number of carboxylic acids is 3. The maximum absolute atomic E-state index is 14.1. The molecule has 1 amide bonds. The van der Waals surface area contributed by atoms with Crippen molar-refractivity contribution in [3.63, 3.8) is 0 Å². The fourth-order valence-corrected chi connectivity index (χ4v) is 9.87. The zero-order chi connectivity index (χ0) is 40.1. The largest absolute Gasteiger partial charge is 0.481 e. The molecule has 3 aromatic rings. The molecule has 3 aliphatic heterocycles. The second kappa shape index (κ2) is 21.0. The first-order chi connectivity index (χ1) is 27.6. The zero-order valence-electron chi connectivity index (χ0n) is 32.7. The number of nitrogens with one attached hydrogen (secondary N) is 3. The fourth-order valence-electron chi connectivity index (χ4n) is 8.92. The van der Waals surface area contributed by atoms with Gasteiger partial charge in [-0.15, -0.1) is 11.8 Å². The van der Waals surface area contributed by atoms with Crippen molar-refractivity contribution in [3.8, 4) is 0 Å². The highest BCUT2D eigenvalue weighted by molar-refractivity contribution is 7.99. The number of nitrogens with zero attached hydrogens (tertiary/aromatic N) is 1. The topological polar surface area (TPSA) is 168 Å². The van der Waals surface area contributed by atoms with Gasteiger partial charge in [0.05, 0.1) is 24.2 Å². The molecule has 3 aliphatic rings. The molecule has 12 heteroatoms. The van der Waals surface area contributed by atoms with Gasteiger partial charge in [0, 0.05) is 23.7 Å². The van der Waals surface area contributed by atoms with Crippen molar-refractivity contribution in [3.05, 3.63) is 101 Å². The summed E-state index contributed by atoms with van der Waals surface area (Å²) in [5, 5.41) is 39.9. The normalized spacial score (nSPS) is 20.9. The van der Waals surface area contributed by atoms with E-state index in [1.807, 2.05) is 65.6 Å². The summed E-state index contributed by atoms with van der Waals surface area (Å²) in [6, 6.07) is 23.9. The molecule has 0 aromatic heterocycles. The number of carbonyl (C=O) groups is 4. The molecule has 3 fully saturated rings. The standard InChI is InChI=1S/C45H58N4O7S/c50-42(26-33-7-2-6-32(21-33)24-40(44(53)54)36-11-15-47-28-36)49(17-13-30-4-1-5-31(20-30)23-39(43(51)52)35-10-14-46-27-35)18-19-57-38-9-3-8-34(22-38)25-41(45(55)56)37-12-16-48-29-37/h1-9,20-22,35-37,39-41,46-48H,10-19,23-29H2,(H,51,52)(H,53,54)(H,55,56). The summed E-state index contributed by atoms with van der Waals surface area (Å²) < 4.78 is 0. The summed E-state index contributed by atoms with van der Waals surface area (Å²) >= 11 is 1.65. The van der Waals surface area contributed by atoms with Gasteiger partial charge in [0.2, 0.25) is 5.91 Å². The van der Waals surface area contributed by atoms with Gasteiger partial charge in [-0.3, -0.25) is 19.2 Å². The van der Waals surface area contributed by atoms with E-state index in [9.17, 15) is 34.5 Å². The number of aliphatic carboxylic acids is 3. The molecule has 3 saturated heterocycles. The summed E-state index contributed by atoms with van der Waals surface area (Å²) in [5.41, 5.74) is 4.80. The molecule has 3 heterocycles. The lowest BCUT2D eigenvalue weighted by atomic mass is 9.86. The second-order valence-corrected chi connectivity index (χ2v) is 17.3. The minimum absolute atomic E-state index is 0.0124. The lowest BCUT2D eigenvalue weighted by Crippen LogP contribution is -2.36. The van der Waals surface area contributed by atoms with Crippen LogP contribution in [0.2, 0.25) is 0 Å². The van der Waals surface area contributed by atoms with Crippen molar-refractivity contribution < 1.29 is 34.5 Å². The van der Waals surface area contributed by atoms with Crippen molar-refractivity contribution in [2.24, 2.45) is 35.5 Å². The van der Waals surface area contributed by atoms with E-state index >= 15 is 0 Å². The molecular formula is C45H58N4O7S. The van der Waals surface area contributed by atoms with Crippen LogP contribution in [0.25, 0.3) is 0 Å². The number of thioether (sulfide) groups is 1. The van der Waals surface area contributed by atoms with Crippen molar-refractivity contribution in [1.29, 1.82) is 0 Å². The number of hydrogen-bond acceptors (Lipinski definition) is 8. The minimum atomic E-state index is -0.787. The predicted octanol–water partition coefficient (Wildman–Crippen LogP) is 4.65. The van der Waals surface area contributed by atoms with Crippen LogP contribution in [-0.4, -0.2) is 102 Å². The fraction of sp³-hybridized carbons (Fsp3) is 0.511. The van der Waals surface area contributed by atoms with E-state index in [2.05, 4.69) is 28.1 Å². The first kappa shape index (κ1) is 42.4. The number of benzene rings is 3. The third kappa shape index (κ3) is 12.4. The van der Waals surface area contributed by atoms with Gasteiger partial charge in [0.25, 0.3) is 0 Å². The quantitative estimate of drug-likeness (QED) is 0.0831. The van der Waals surface area contributed by atoms with Crippen molar-refractivity contribution in [1.82, 2.24) is 20.9 Å². The van der Waals surface area contributed by atoms with Crippen LogP contribution in [0.15, 0.2) is 77.7 Å². The smallest absolute Gasteiger partial charge is 0.307 e. The summed E-state index contributed by atoms with van der Waals surface area (Å²) in [5.74, 6) is -2.73.